The van der Waals surface area contributed by atoms with E-state index in [1.807, 2.05) is 24.3 Å². The molecule has 0 spiro atoms. The van der Waals surface area contributed by atoms with Gasteiger partial charge in [-0.1, -0.05) is 28.9 Å². The number of benzene rings is 1. The fourth-order valence-electron chi connectivity index (χ4n) is 2.82. The van der Waals surface area contributed by atoms with Crippen molar-refractivity contribution in [1.82, 2.24) is 19.7 Å². The van der Waals surface area contributed by atoms with Gasteiger partial charge in [-0.3, -0.25) is 4.79 Å². The second kappa shape index (κ2) is 7.13. The molecule has 0 saturated carbocycles. The second-order valence-electron chi connectivity index (χ2n) is 5.96. The quantitative estimate of drug-likeness (QED) is 0.716. The van der Waals surface area contributed by atoms with E-state index in [-0.39, 0.29) is 18.0 Å². The van der Waals surface area contributed by atoms with E-state index in [0.29, 0.717) is 28.6 Å². The molecule has 1 N–H and O–H groups in total. The molecule has 4 rings (SSSR count). The van der Waals surface area contributed by atoms with E-state index in [1.54, 1.807) is 0 Å². The summed E-state index contributed by atoms with van der Waals surface area (Å²) in [5.74, 6) is 1.58. The average molecular weight is 391 g/mol. The van der Waals surface area contributed by atoms with Crippen LogP contribution in [0.15, 0.2) is 43.3 Å². The molecule has 0 unspecified atom stereocenters. The zero-order valence-electron chi connectivity index (χ0n) is 13.7. The zero-order valence-corrected chi connectivity index (χ0v) is 15.3. The summed E-state index contributed by atoms with van der Waals surface area (Å²) in [6.45, 7) is -0.0318. The number of hydrogen-bond donors (Lipinski definition) is 1. The van der Waals surface area contributed by atoms with Crippen LogP contribution in [0.2, 0.25) is 5.02 Å². The molecule has 1 aliphatic heterocycles. The number of nitrogens with zero attached hydrogens (tertiary/aromatic N) is 3. The first-order valence-corrected chi connectivity index (χ1v) is 9.51. The van der Waals surface area contributed by atoms with Crippen LogP contribution in [0.4, 0.5) is 0 Å². The van der Waals surface area contributed by atoms with Crippen molar-refractivity contribution in [2.24, 2.45) is 0 Å². The van der Waals surface area contributed by atoms with Crippen molar-refractivity contribution >= 4 is 23.4 Å². The van der Waals surface area contributed by atoms with Crippen LogP contribution in [0.25, 0.3) is 0 Å². The lowest BCUT2D eigenvalue weighted by Crippen LogP contribution is -2.37. The van der Waals surface area contributed by atoms with Crippen LogP contribution in [-0.2, 0) is 25.8 Å². The summed E-state index contributed by atoms with van der Waals surface area (Å²) in [6, 6.07) is 7.57. The molecule has 7 nitrogen and oxygen atoms in total. The van der Waals surface area contributed by atoms with Gasteiger partial charge in [0, 0.05) is 22.9 Å². The number of halogens is 1. The van der Waals surface area contributed by atoms with E-state index in [0.717, 1.165) is 28.0 Å². The van der Waals surface area contributed by atoms with Gasteiger partial charge in [-0.15, -0.1) is 11.8 Å². The summed E-state index contributed by atoms with van der Waals surface area (Å²) in [4.78, 5) is 32.3. The Morgan fingerprint density at radius 2 is 2.04 bits per heavy atom. The minimum atomic E-state index is -0.447. The van der Waals surface area contributed by atoms with Gasteiger partial charge in [0.05, 0.1) is 4.90 Å². The molecule has 0 aliphatic carbocycles. The SMILES string of the molecule is O=c1[nH]c2c(c(=O)n1Cc1nc(CCc3ccc(Cl)cc3)no1)SCC2. The van der Waals surface area contributed by atoms with Crippen LogP contribution in [0.1, 0.15) is 23.0 Å². The molecule has 1 aliphatic rings. The Balaban J connectivity index is 1.48. The highest BCUT2D eigenvalue weighted by Crippen LogP contribution is 2.25. The Morgan fingerprint density at radius 3 is 2.85 bits per heavy atom. The first-order valence-electron chi connectivity index (χ1n) is 8.15. The standard InChI is InChI=1S/C17H15ClN4O3S/c18-11-4-1-10(2-5-11)3-6-13-20-14(25-21-13)9-22-16(23)15-12(7-8-26-15)19-17(22)24/h1-2,4-5H,3,6-9H2,(H,19,24). The van der Waals surface area contributed by atoms with Crippen molar-refractivity contribution < 1.29 is 4.52 Å². The third-order valence-corrected chi connectivity index (χ3v) is 5.54. The van der Waals surface area contributed by atoms with Crippen molar-refractivity contribution in [2.45, 2.75) is 30.7 Å². The van der Waals surface area contributed by atoms with E-state index in [9.17, 15) is 9.59 Å². The summed E-state index contributed by atoms with van der Waals surface area (Å²) in [5, 5.41) is 4.63. The van der Waals surface area contributed by atoms with Gasteiger partial charge in [-0.2, -0.15) is 4.98 Å². The van der Waals surface area contributed by atoms with Gasteiger partial charge < -0.3 is 9.51 Å². The van der Waals surface area contributed by atoms with Gasteiger partial charge in [0.25, 0.3) is 5.56 Å². The van der Waals surface area contributed by atoms with Crippen LogP contribution in [0, 0.1) is 0 Å². The summed E-state index contributed by atoms with van der Waals surface area (Å²) in [5.41, 5.74) is 1.09. The van der Waals surface area contributed by atoms with Gasteiger partial charge in [-0.05, 0) is 30.5 Å². The van der Waals surface area contributed by atoms with Crippen LogP contribution in [0.3, 0.4) is 0 Å². The zero-order chi connectivity index (χ0) is 18.1. The van der Waals surface area contributed by atoms with Gasteiger partial charge >= 0.3 is 5.69 Å². The van der Waals surface area contributed by atoms with E-state index in [4.69, 9.17) is 16.1 Å². The molecular formula is C17H15ClN4O3S. The van der Waals surface area contributed by atoms with Crippen molar-refractivity contribution in [3.05, 3.63) is 73.1 Å². The number of nitrogens with one attached hydrogen (secondary N) is 1. The Morgan fingerprint density at radius 1 is 1.23 bits per heavy atom. The van der Waals surface area contributed by atoms with Crippen molar-refractivity contribution in [3.63, 3.8) is 0 Å². The summed E-state index contributed by atoms with van der Waals surface area (Å²) in [6.07, 6.45) is 2.04. The highest BCUT2D eigenvalue weighted by molar-refractivity contribution is 7.99. The van der Waals surface area contributed by atoms with Crippen molar-refractivity contribution in [3.8, 4) is 0 Å². The third-order valence-electron chi connectivity index (χ3n) is 4.17. The Kier molecular flexibility index (Phi) is 4.69. The lowest BCUT2D eigenvalue weighted by atomic mass is 10.1. The fraction of sp³-hybridized carbons (Fsp3) is 0.294. The first-order chi connectivity index (χ1) is 12.6. The minimum absolute atomic E-state index is 0.0318. The minimum Gasteiger partial charge on any atom is -0.337 e. The molecule has 3 heterocycles. The number of aromatic nitrogens is 4. The molecule has 9 heteroatoms. The van der Waals surface area contributed by atoms with E-state index in [1.165, 1.54) is 11.8 Å². The van der Waals surface area contributed by atoms with Crippen LogP contribution in [0.5, 0.6) is 0 Å². The predicted octanol–water partition coefficient (Wildman–Crippen LogP) is 2.05. The first kappa shape index (κ1) is 17.1. The number of thioether (sulfide) groups is 1. The molecule has 0 saturated heterocycles. The largest absolute Gasteiger partial charge is 0.337 e. The monoisotopic (exact) mass is 390 g/mol. The number of hydrogen-bond acceptors (Lipinski definition) is 6. The normalized spacial score (nSPS) is 13.1. The van der Waals surface area contributed by atoms with Crippen LogP contribution in [-0.4, -0.2) is 25.4 Å². The number of aromatic amines is 1. The fourth-order valence-corrected chi connectivity index (χ4v) is 4.02. The molecule has 26 heavy (non-hydrogen) atoms. The van der Waals surface area contributed by atoms with Crippen molar-refractivity contribution in [2.75, 3.05) is 5.75 Å². The number of aryl methyl sites for hydroxylation is 3. The molecule has 0 fully saturated rings. The van der Waals surface area contributed by atoms with Crippen LogP contribution < -0.4 is 11.2 Å². The molecule has 0 bridgehead atoms. The lowest BCUT2D eigenvalue weighted by Gasteiger charge is -2.03. The Bertz CT molecular complexity index is 1060. The molecule has 0 atom stereocenters. The third kappa shape index (κ3) is 3.47. The number of H-pyrrole nitrogens is 1. The van der Waals surface area contributed by atoms with Crippen LogP contribution >= 0.6 is 23.4 Å². The molecule has 0 amide bonds. The maximum atomic E-state index is 12.5. The Hall–Kier alpha value is -2.32. The summed E-state index contributed by atoms with van der Waals surface area (Å²) >= 11 is 7.33. The van der Waals surface area contributed by atoms with Crippen molar-refractivity contribution in [1.29, 1.82) is 0 Å². The van der Waals surface area contributed by atoms with Gasteiger partial charge in [-0.25, -0.2) is 9.36 Å². The maximum Gasteiger partial charge on any atom is 0.329 e. The van der Waals surface area contributed by atoms with Gasteiger partial charge in [0.2, 0.25) is 5.89 Å². The molecular weight excluding hydrogens is 376 g/mol. The average Bonchev–Trinajstić information content (AvgIpc) is 3.27. The molecule has 2 aromatic heterocycles. The molecule has 0 radical (unpaired) electrons. The number of fused-ring (bicyclic) bond motifs is 1. The predicted molar refractivity (Wildman–Crippen MR) is 98.0 cm³/mol. The maximum absolute atomic E-state index is 12.5. The second-order valence-corrected chi connectivity index (χ2v) is 7.50. The highest BCUT2D eigenvalue weighted by atomic mass is 35.5. The molecule has 3 aromatic rings. The van der Waals surface area contributed by atoms with E-state index < -0.39 is 5.69 Å². The van der Waals surface area contributed by atoms with E-state index >= 15 is 0 Å². The summed E-state index contributed by atoms with van der Waals surface area (Å²) < 4.78 is 6.31. The lowest BCUT2D eigenvalue weighted by molar-refractivity contribution is 0.362. The highest BCUT2D eigenvalue weighted by Gasteiger charge is 2.20. The molecule has 134 valence electrons. The smallest absolute Gasteiger partial charge is 0.329 e. The molecule has 1 aromatic carbocycles. The Labute approximate surface area is 157 Å². The van der Waals surface area contributed by atoms with Gasteiger partial charge in [0.1, 0.15) is 6.54 Å². The summed E-state index contributed by atoms with van der Waals surface area (Å²) in [7, 11) is 0. The van der Waals surface area contributed by atoms with Gasteiger partial charge in [0.15, 0.2) is 5.82 Å². The number of rotatable bonds is 5. The van der Waals surface area contributed by atoms with E-state index in [2.05, 4.69) is 15.1 Å². The topological polar surface area (TPSA) is 93.8 Å².